The first-order chi connectivity index (χ1) is 17.7. The molecule has 11 heteroatoms. The van der Waals surface area contributed by atoms with E-state index in [1.807, 2.05) is 49.1 Å². The number of ether oxygens (including phenoxy) is 2. The van der Waals surface area contributed by atoms with Crippen LogP contribution in [0.2, 0.25) is 0 Å². The van der Waals surface area contributed by atoms with Gasteiger partial charge in [0.25, 0.3) is 0 Å². The van der Waals surface area contributed by atoms with Crippen molar-refractivity contribution in [2.45, 2.75) is 29.7 Å². The maximum atomic E-state index is 13.2. The number of aryl methyl sites for hydroxylation is 1. The number of β-amino-alcohol motifs (C(OH)–C–C–N with tert-alkyl or cyclic N) is 1. The van der Waals surface area contributed by atoms with Crippen LogP contribution in [-0.4, -0.2) is 91.5 Å². The number of nitrogens with zero attached hydrogens (tertiary/aromatic N) is 4. The molecule has 0 radical (unpaired) electrons. The standard InChI is InChI=1S/C26H33N5O5S/c1-29-10-9-27-26(29)17-31-15-22-24(16-31)36-23-12-19(18-5-4-6-21(11-18)35-3)7-8-25(23)37(33,34)28-13-20(32)14-30(22)2/h4-12,20,22,24,28,32H,13-17H2,1-3H3/t20-,22+,24-/m0/s1. The fourth-order valence-corrected chi connectivity index (χ4v) is 6.22. The molecule has 0 saturated carbocycles. The van der Waals surface area contributed by atoms with Crippen LogP contribution in [0.1, 0.15) is 5.82 Å². The highest BCUT2D eigenvalue weighted by molar-refractivity contribution is 7.89. The van der Waals surface area contributed by atoms with Gasteiger partial charge in [0.2, 0.25) is 10.0 Å². The summed E-state index contributed by atoms with van der Waals surface area (Å²) in [6.45, 7) is 2.17. The molecular formula is C26H33N5O5S. The van der Waals surface area contributed by atoms with E-state index in [1.54, 1.807) is 31.5 Å². The third-order valence-corrected chi connectivity index (χ3v) is 8.55. The Bertz CT molecular complexity index is 1360. The molecule has 2 aliphatic rings. The van der Waals surface area contributed by atoms with E-state index in [-0.39, 0.29) is 29.3 Å². The summed E-state index contributed by atoms with van der Waals surface area (Å²) in [5.41, 5.74) is 1.70. The van der Waals surface area contributed by atoms with Crippen LogP contribution in [0.4, 0.5) is 0 Å². The van der Waals surface area contributed by atoms with E-state index in [1.165, 1.54) is 0 Å². The van der Waals surface area contributed by atoms with Gasteiger partial charge < -0.3 is 19.1 Å². The number of aliphatic hydroxyl groups excluding tert-OH is 1. The Balaban J connectivity index is 1.53. The first-order valence-corrected chi connectivity index (χ1v) is 13.7. The molecule has 1 aromatic heterocycles. The lowest BCUT2D eigenvalue weighted by Crippen LogP contribution is -2.47. The van der Waals surface area contributed by atoms with Gasteiger partial charge in [-0.3, -0.25) is 9.80 Å². The highest BCUT2D eigenvalue weighted by atomic mass is 32.2. The minimum atomic E-state index is -3.91. The Kier molecular flexibility index (Phi) is 7.24. The number of likely N-dealkylation sites (N-methyl/N-ethyl adjacent to an activating group) is 1. The zero-order valence-electron chi connectivity index (χ0n) is 21.2. The summed E-state index contributed by atoms with van der Waals surface area (Å²) in [6, 6.07) is 12.6. The number of aliphatic hydroxyl groups is 1. The van der Waals surface area contributed by atoms with Crippen LogP contribution in [0.3, 0.4) is 0 Å². The number of hydrogen-bond acceptors (Lipinski definition) is 8. The molecular weight excluding hydrogens is 494 g/mol. The normalized spacial score (nSPS) is 24.5. The predicted octanol–water partition coefficient (Wildman–Crippen LogP) is 1.31. The van der Waals surface area contributed by atoms with Crippen LogP contribution >= 0.6 is 0 Å². The molecule has 0 unspecified atom stereocenters. The highest BCUT2D eigenvalue weighted by Gasteiger charge is 2.39. The van der Waals surface area contributed by atoms with Crippen LogP contribution in [0.25, 0.3) is 11.1 Å². The lowest BCUT2D eigenvalue weighted by molar-refractivity contribution is 0.0713. The van der Waals surface area contributed by atoms with Gasteiger partial charge in [-0.15, -0.1) is 0 Å². The van der Waals surface area contributed by atoms with Crippen molar-refractivity contribution in [1.29, 1.82) is 0 Å². The van der Waals surface area contributed by atoms with Crippen molar-refractivity contribution < 1.29 is 23.0 Å². The maximum absolute atomic E-state index is 13.2. The molecule has 1 fully saturated rings. The number of hydrogen-bond donors (Lipinski definition) is 2. The molecule has 3 heterocycles. The molecule has 198 valence electrons. The third kappa shape index (κ3) is 5.51. The molecule has 10 nitrogen and oxygen atoms in total. The second-order valence-corrected chi connectivity index (χ2v) is 11.4. The number of likely N-dealkylation sites (tertiary alicyclic amines) is 1. The van der Waals surface area contributed by atoms with Crippen LogP contribution in [0.15, 0.2) is 59.8 Å². The van der Waals surface area contributed by atoms with Gasteiger partial charge >= 0.3 is 0 Å². The number of aromatic nitrogens is 2. The average Bonchev–Trinajstić information content (AvgIpc) is 3.47. The topological polar surface area (TPSA) is 109 Å². The second-order valence-electron chi connectivity index (χ2n) is 9.71. The Labute approximate surface area is 217 Å². The molecule has 5 rings (SSSR count). The summed E-state index contributed by atoms with van der Waals surface area (Å²) >= 11 is 0. The van der Waals surface area contributed by atoms with Crippen molar-refractivity contribution in [1.82, 2.24) is 24.1 Å². The van der Waals surface area contributed by atoms with Crippen LogP contribution < -0.4 is 14.2 Å². The predicted molar refractivity (Wildman–Crippen MR) is 139 cm³/mol. The molecule has 3 atom stereocenters. The highest BCUT2D eigenvalue weighted by Crippen LogP contribution is 2.34. The summed E-state index contributed by atoms with van der Waals surface area (Å²) in [5.74, 6) is 1.93. The smallest absolute Gasteiger partial charge is 0.244 e. The Morgan fingerprint density at radius 2 is 1.95 bits per heavy atom. The molecule has 0 aliphatic carbocycles. The van der Waals surface area contributed by atoms with E-state index in [2.05, 4.69) is 19.5 Å². The molecule has 2 aromatic carbocycles. The molecule has 0 bridgehead atoms. The summed E-state index contributed by atoms with van der Waals surface area (Å²) in [5, 5.41) is 10.6. The number of sulfonamides is 1. The quantitative estimate of drug-likeness (QED) is 0.523. The Hall–Kier alpha value is -2.96. The second kappa shape index (κ2) is 10.4. The van der Waals surface area contributed by atoms with E-state index in [9.17, 15) is 13.5 Å². The molecule has 37 heavy (non-hydrogen) atoms. The zero-order chi connectivity index (χ0) is 26.2. The van der Waals surface area contributed by atoms with E-state index < -0.39 is 16.1 Å². The SMILES string of the molecule is COc1cccc(-c2ccc3c(c2)O[C@H]2CN(Cc4nccn4C)C[C@H]2N(C)C[C@@H](O)CNS3(=O)=O)c1. The van der Waals surface area contributed by atoms with Crippen LogP contribution in [0.5, 0.6) is 11.5 Å². The monoisotopic (exact) mass is 527 g/mol. The molecule has 1 saturated heterocycles. The van der Waals surface area contributed by atoms with Gasteiger partial charge in [0, 0.05) is 45.6 Å². The Morgan fingerprint density at radius 1 is 1.14 bits per heavy atom. The van der Waals surface area contributed by atoms with Gasteiger partial charge in [-0.25, -0.2) is 18.1 Å². The fourth-order valence-electron chi connectivity index (χ4n) is 5.03. The van der Waals surface area contributed by atoms with E-state index in [0.717, 1.165) is 17.0 Å². The number of rotatable bonds is 4. The van der Waals surface area contributed by atoms with Gasteiger partial charge in [0.05, 0.1) is 25.8 Å². The summed E-state index contributed by atoms with van der Waals surface area (Å²) in [6.07, 6.45) is 2.52. The summed E-state index contributed by atoms with van der Waals surface area (Å²) in [4.78, 5) is 8.81. The van der Waals surface area contributed by atoms with Crippen molar-refractivity contribution >= 4 is 10.0 Å². The van der Waals surface area contributed by atoms with E-state index in [4.69, 9.17) is 9.47 Å². The first kappa shape index (κ1) is 25.7. The van der Waals surface area contributed by atoms with Gasteiger partial charge in [-0.05, 0) is 42.4 Å². The van der Waals surface area contributed by atoms with Crippen molar-refractivity contribution in [3.8, 4) is 22.6 Å². The van der Waals surface area contributed by atoms with Gasteiger partial charge in [-0.2, -0.15) is 0 Å². The number of nitrogens with one attached hydrogen (secondary N) is 1. The maximum Gasteiger partial charge on any atom is 0.244 e. The van der Waals surface area contributed by atoms with Gasteiger partial charge in [0.1, 0.15) is 28.3 Å². The average molecular weight is 528 g/mol. The van der Waals surface area contributed by atoms with E-state index >= 15 is 0 Å². The van der Waals surface area contributed by atoms with Crippen molar-refractivity contribution in [2.75, 3.05) is 40.3 Å². The summed E-state index contributed by atoms with van der Waals surface area (Å²) < 4.78 is 42.9. The number of methoxy groups -OCH3 is 1. The molecule has 2 aliphatic heterocycles. The van der Waals surface area contributed by atoms with E-state index in [0.29, 0.717) is 31.9 Å². The number of benzene rings is 2. The van der Waals surface area contributed by atoms with Crippen molar-refractivity contribution in [2.24, 2.45) is 7.05 Å². The van der Waals surface area contributed by atoms with Crippen molar-refractivity contribution in [3.05, 3.63) is 60.7 Å². The van der Waals surface area contributed by atoms with Gasteiger partial charge in [0.15, 0.2) is 0 Å². The minimum absolute atomic E-state index is 0.0518. The lowest BCUT2D eigenvalue weighted by Gasteiger charge is -2.30. The molecule has 3 aromatic rings. The lowest BCUT2D eigenvalue weighted by atomic mass is 10.1. The molecule has 2 N–H and O–H groups in total. The Morgan fingerprint density at radius 3 is 2.70 bits per heavy atom. The number of fused-ring (bicyclic) bond motifs is 2. The molecule has 0 amide bonds. The zero-order valence-corrected chi connectivity index (χ0v) is 22.1. The molecule has 0 spiro atoms. The van der Waals surface area contributed by atoms with Gasteiger partial charge in [-0.1, -0.05) is 18.2 Å². The van der Waals surface area contributed by atoms with Crippen LogP contribution in [0, 0.1) is 0 Å². The fraction of sp³-hybridized carbons (Fsp3) is 0.423. The van der Waals surface area contributed by atoms with Crippen molar-refractivity contribution in [3.63, 3.8) is 0 Å². The van der Waals surface area contributed by atoms with Crippen LogP contribution in [-0.2, 0) is 23.6 Å². The summed E-state index contributed by atoms with van der Waals surface area (Å²) in [7, 11) is 1.60. The first-order valence-electron chi connectivity index (χ1n) is 12.2. The largest absolute Gasteiger partial charge is 0.497 e. The third-order valence-electron chi connectivity index (χ3n) is 7.09. The minimum Gasteiger partial charge on any atom is -0.497 e. The number of imidazole rings is 1.